The number of unbranched alkanes of at least 4 members (excludes halogenated alkanes) is 3. The summed E-state index contributed by atoms with van der Waals surface area (Å²) >= 11 is 0. The number of carbonyl (C=O) groups excluding carboxylic acids is 1. The SMILES string of the molecule is CC(C)(C)[Si](C)(C)OC(CCCCCCc1ccccc1)c1nc(NC=O)co1. The fourth-order valence-corrected chi connectivity index (χ4v) is 4.27. The van der Waals surface area contributed by atoms with Crippen LogP contribution in [0.1, 0.15) is 70.4 Å². The van der Waals surface area contributed by atoms with Crippen molar-refractivity contribution < 1.29 is 13.6 Å². The first-order chi connectivity index (χ1) is 13.7. The molecule has 0 fully saturated rings. The smallest absolute Gasteiger partial charge is 0.224 e. The first-order valence-corrected chi connectivity index (χ1v) is 13.5. The molecule has 0 saturated carbocycles. The molecule has 160 valence electrons. The second kappa shape index (κ2) is 10.7. The lowest BCUT2D eigenvalue weighted by Gasteiger charge is -2.38. The number of hydrogen-bond donors (Lipinski definition) is 1. The summed E-state index contributed by atoms with van der Waals surface area (Å²) < 4.78 is 12.3. The molecule has 1 amide bonds. The van der Waals surface area contributed by atoms with Crippen LogP contribution in [0.5, 0.6) is 0 Å². The molecule has 1 heterocycles. The van der Waals surface area contributed by atoms with Crippen LogP contribution in [0.15, 0.2) is 41.0 Å². The van der Waals surface area contributed by atoms with Gasteiger partial charge in [0.25, 0.3) is 0 Å². The van der Waals surface area contributed by atoms with Crippen molar-refractivity contribution in [2.45, 2.75) is 83.5 Å². The molecule has 1 unspecified atom stereocenters. The molecule has 1 aromatic carbocycles. The number of oxazole rings is 1. The molecular formula is C23H36N2O3Si. The summed E-state index contributed by atoms with van der Waals surface area (Å²) in [5, 5.41) is 2.65. The number of nitrogens with one attached hydrogen (secondary N) is 1. The van der Waals surface area contributed by atoms with Crippen molar-refractivity contribution in [3.63, 3.8) is 0 Å². The highest BCUT2D eigenvalue weighted by Crippen LogP contribution is 2.41. The van der Waals surface area contributed by atoms with E-state index in [9.17, 15) is 4.79 Å². The predicted molar refractivity (Wildman–Crippen MR) is 120 cm³/mol. The van der Waals surface area contributed by atoms with Crippen molar-refractivity contribution in [3.8, 4) is 0 Å². The number of benzene rings is 1. The van der Waals surface area contributed by atoms with Crippen LogP contribution in [0.2, 0.25) is 18.1 Å². The van der Waals surface area contributed by atoms with Gasteiger partial charge in [0.15, 0.2) is 14.1 Å². The molecule has 0 radical (unpaired) electrons. The normalized spacial score (nSPS) is 13.3. The van der Waals surface area contributed by atoms with Crippen molar-refractivity contribution in [2.75, 3.05) is 5.32 Å². The van der Waals surface area contributed by atoms with E-state index in [1.807, 2.05) is 0 Å². The maximum atomic E-state index is 10.7. The summed E-state index contributed by atoms with van der Waals surface area (Å²) in [6, 6.07) is 10.6. The highest BCUT2D eigenvalue weighted by Gasteiger charge is 2.40. The van der Waals surface area contributed by atoms with E-state index in [0.29, 0.717) is 18.1 Å². The monoisotopic (exact) mass is 416 g/mol. The molecule has 0 bridgehead atoms. The van der Waals surface area contributed by atoms with Crippen LogP contribution in [0, 0.1) is 0 Å². The van der Waals surface area contributed by atoms with Gasteiger partial charge in [-0.15, -0.1) is 0 Å². The number of amides is 1. The van der Waals surface area contributed by atoms with E-state index in [1.165, 1.54) is 24.7 Å². The fourth-order valence-electron chi connectivity index (χ4n) is 2.98. The fraction of sp³-hybridized carbons (Fsp3) is 0.565. The minimum Gasteiger partial charge on any atom is -0.444 e. The molecule has 5 nitrogen and oxygen atoms in total. The number of rotatable bonds is 12. The predicted octanol–water partition coefficient (Wildman–Crippen LogP) is 6.50. The molecule has 29 heavy (non-hydrogen) atoms. The molecule has 0 saturated heterocycles. The van der Waals surface area contributed by atoms with Crippen molar-refractivity contribution >= 4 is 20.5 Å². The minimum atomic E-state index is -1.97. The number of anilines is 1. The first-order valence-electron chi connectivity index (χ1n) is 10.6. The van der Waals surface area contributed by atoms with Crippen LogP contribution in [0.4, 0.5) is 5.82 Å². The summed E-state index contributed by atoms with van der Waals surface area (Å²) in [6.07, 6.45) is 8.53. The van der Waals surface area contributed by atoms with Crippen LogP contribution in [0.25, 0.3) is 0 Å². The number of hydrogen-bond acceptors (Lipinski definition) is 4. The van der Waals surface area contributed by atoms with E-state index in [1.54, 1.807) is 0 Å². The summed E-state index contributed by atoms with van der Waals surface area (Å²) in [5.41, 5.74) is 1.40. The Bertz CT molecular complexity index is 738. The van der Waals surface area contributed by atoms with E-state index in [0.717, 1.165) is 25.7 Å². The van der Waals surface area contributed by atoms with Crippen LogP contribution in [-0.4, -0.2) is 19.7 Å². The van der Waals surface area contributed by atoms with Gasteiger partial charge in [-0.3, -0.25) is 4.79 Å². The van der Waals surface area contributed by atoms with E-state index < -0.39 is 8.32 Å². The number of aromatic nitrogens is 1. The maximum Gasteiger partial charge on any atom is 0.224 e. The van der Waals surface area contributed by atoms with Gasteiger partial charge in [-0.25, -0.2) is 0 Å². The average molecular weight is 417 g/mol. The minimum absolute atomic E-state index is 0.109. The summed E-state index contributed by atoms with van der Waals surface area (Å²) in [5.74, 6) is 0.991. The lowest BCUT2D eigenvalue weighted by Crippen LogP contribution is -2.41. The molecule has 0 spiro atoms. The van der Waals surface area contributed by atoms with E-state index in [4.69, 9.17) is 8.84 Å². The molecule has 1 atom stereocenters. The van der Waals surface area contributed by atoms with E-state index in [2.05, 4.69) is 74.5 Å². The van der Waals surface area contributed by atoms with Gasteiger partial charge in [0.05, 0.1) is 0 Å². The Kier molecular flexibility index (Phi) is 8.65. The molecule has 1 aromatic heterocycles. The van der Waals surface area contributed by atoms with Gasteiger partial charge in [0.1, 0.15) is 12.4 Å². The molecule has 0 aliphatic rings. The number of carbonyl (C=O) groups is 1. The molecular weight excluding hydrogens is 380 g/mol. The van der Waals surface area contributed by atoms with Gasteiger partial charge in [0, 0.05) is 0 Å². The topological polar surface area (TPSA) is 64.4 Å². The third-order valence-electron chi connectivity index (χ3n) is 5.77. The van der Waals surface area contributed by atoms with Crippen molar-refractivity contribution in [2.24, 2.45) is 0 Å². The standard InChI is InChI=1S/C23H36N2O3Si/c1-23(2,3)29(4,5)28-20(22-25-21(17-27-22)24-18-26)16-12-7-6-9-13-19-14-10-8-11-15-19/h8,10-11,14-15,17-18,20H,6-7,9,12-13,16H2,1-5H3,(H,24,26). The summed E-state index contributed by atoms with van der Waals surface area (Å²) in [7, 11) is -1.97. The molecule has 6 heteroatoms. The van der Waals surface area contributed by atoms with Gasteiger partial charge in [-0.05, 0) is 43.0 Å². The van der Waals surface area contributed by atoms with Crippen LogP contribution in [0.3, 0.4) is 0 Å². The summed E-state index contributed by atoms with van der Waals surface area (Å²) in [6.45, 7) is 11.2. The van der Waals surface area contributed by atoms with E-state index >= 15 is 0 Å². The van der Waals surface area contributed by atoms with Crippen molar-refractivity contribution in [3.05, 3.63) is 48.0 Å². The molecule has 2 rings (SSSR count). The van der Waals surface area contributed by atoms with Crippen LogP contribution < -0.4 is 5.32 Å². The van der Waals surface area contributed by atoms with Gasteiger partial charge >= 0.3 is 0 Å². The third kappa shape index (κ3) is 7.44. The quantitative estimate of drug-likeness (QED) is 0.244. The highest BCUT2D eigenvalue weighted by atomic mass is 28.4. The Morgan fingerprint density at radius 1 is 1.14 bits per heavy atom. The van der Waals surface area contributed by atoms with Crippen molar-refractivity contribution in [1.82, 2.24) is 4.98 Å². The van der Waals surface area contributed by atoms with E-state index in [-0.39, 0.29) is 11.1 Å². The van der Waals surface area contributed by atoms with Gasteiger partial charge < -0.3 is 14.2 Å². The largest absolute Gasteiger partial charge is 0.444 e. The zero-order valence-corrected chi connectivity index (χ0v) is 19.5. The Balaban J connectivity index is 1.89. The molecule has 0 aliphatic heterocycles. The highest BCUT2D eigenvalue weighted by molar-refractivity contribution is 6.74. The average Bonchev–Trinajstić information content (AvgIpc) is 3.12. The van der Waals surface area contributed by atoms with Crippen LogP contribution >= 0.6 is 0 Å². The first kappa shape index (κ1) is 23.4. The Labute approximate surface area is 176 Å². The molecule has 2 aromatic rings. The Morgan fingerprint density at radius 2 is 1.83 bits per heavy atom. The van der Waals surface area contributed by atoms with Gasteiger partial charge in [-0.2, -0.15) is 4.98 Å². The Morgan fingerprint density at radius 3 is 2.48 bits per heavy atom. The van der Waals surface area contributed by atoms with Gasteiger partial charge in [0.2, 0.25) is 12.3 Å². The van der Waals surface area contributed by atoms with Crippen molar-refractivity contribution in [1.29, 1.82) is 0 Å². The summed E-state index contributed by atoms with van der Waals surface area (Å²) in [4.78, 5) is 15.1. The second-order valence-electron chi connectivity index (χ2n) is 9.14. The van der Waals surface area contributed by atoms with Gasteiger partial charge in [-0.1, -0.05) is 70.4 Å². The zero-order valence-electron chi connectivity index (χ0n) is 18.5. The zero-order chi connectivity index (χ0) is 21.3. The second-order valence-corrected chi connectivity index (χ2v) is 13.9. The molecule has 1 N–H and O–H groups in total. The Hall–Kier alpha value is -1.92. The molecule has 0 aliphatic carbocycles. The third-order valence-corrected chi connectivity index (χ3v) is 10.3. The lowest BCUT2D eigenvalue weighted by atomic mass is 10.0. The number of nitrogens with zero attached hydrogens (tertiary/aromatic N) is 1. The van der Waals surface area contributed by atoms with Crippen LogP contribution in [-0.2, 0) is 15.6 Å². The lowest BCUT2D eigenvalue weighted by molar-refractivity contribution is -0.105. The number of aryl methyl sites for hydroxylation is 1. The maximum absolute atomic E-state index is 10.7.